The molecule has 4 nitrogen and oxygen atoms in total. The smallest absolute Gasteiger partial charge is 0.180 e. The molecule has 0 unspecified atom stereocenters. The van der Waals surface area contributed by atoms with Gasteiger partial charge < -0.3 is 4.74 Å². The van der Waals surface area contributed by atoms with E-state index in [0.29, 0.717) is 0 Å². The molecule has 0 radical (unpaired) electrons. The maximum Gasteiger partial charge on any atom is 0.180 e. The largest absolute Gasteiger partial charge is 0.497 e. The molecule has 1 aliphatic rings. The zero-order chi connectivity index (χ0) is 16.9. The second-order valence-corrected chi connectivity index (χ2v) is 8.30. The summed E-state index contributed by atoms with van der Waals surface area (Å²) in [6.45, 7) is 5.15. The summed E-state index contributed by atoms with van der Waals surface area (Å²) in [6.07, 6.45) is 4.97. The fraction of sp³-hybridized carbons (Fsp3) is 0.556. The second-order valence-electron chi connectivity index (χ2n) is 6.48. The standard InChI is InChI=1S/C18H25N3OS2/c1-14-19-21(18(23)24-14)13-20-11-9-16(10-12-20)4-3-15-5-7-17(22-2)8-6-15/h5-8,16H,3-4,9-13H2,1-2H3. The first-order valence-corrected chi connectivity index (χ1v) is 9.76. The van der Waals surface area contributed by atoms with Gasteiger partial charge in [-0.05, 0) is 68.4 Å². The Bertz CT molecular complexity index is 700. The Balaban J connectivity index is 1.43. The highest BCUT2D eigenvalue weighted by Gasteiger charge is 2.19. The highest BCUT2D eigenvalue weighted by Crippen LogP contribution is 2.23. The monoisotopic (exact) mass is 363 g/mol. The van der Waals surface area contributed by atoms with Gasteiger partial charge >= 0.3 is 0 Å². The van der Waals surface area contributed by atoms with E-state index in [1.54, 1.807) is 18.4 Å². The van der Waals surface area contributed by atoms with Crippen LogP contribution in [0.15, 0.2) is 24.3 Å². The SMILES string of the molecule is COc1ccc(CCC2CCN(Cn3nc(C)sc3=S)CC2)cc1. The van der Waals surface area contributed by atoms with Gasteiger partial charge in [-0.3, -0.25) is 4.90 Å². The summed E-state index contributed by atoms with van der Waals surface area (Å²) in [5.74, 6) is 1.76. The third-order valence-corrected chi connectivity index (χ3v) is 5.97. The van der Waals surface area contributed by atoms with Crippen molar-refractivity contribution >= 4 is 23.6 Å². The van der Waals surface area contributed by atoms with Crippen molar-refractivity contribution in [2.24, 2.45) is 5.92 Å². The van der Waals surface area contributed by atoms with Crippen LogP contribution in [0.25, 0.3) is 0 Å². The zero-order valence-corrected chi connectivity index (χ0v) is 16.0. The van der Waals surface area contributed by atoms with Crippen molar-refractivity contribution in [3.8, 4) is 5.75 Å². The normalized spacial score (nSPS) is 16.4. The Morgan fingerprint density at radius 2 is 1.96 bits per heavy atom. The van der Waals surface area contributed by atoms with Crippen LogP contribution in [-0.4, -0.2) is 34.9 Å². The van der Waals surface area contributed by atoms with Gasteiger partial charge in [-0.15, -0.1) is 0 Å². The number of ether oxygens (including phenoxy) is 1. The van der Waals surface area contributed by atoms with Crippen molar-refractivity contribution in [2.45, 2.75) is 39.3 Å². The van der Waals surface area contributed by atoms with Gasteiger partial charge in [0, 0.05) is 13.1 Å². The van der Waals surface area contributed by atoms with Gasteiger partial charge in [0.15, 0.2) is 3.95 Å². The summed E-state index contributed by atoms with van der Waals surface area (Å²) >= 11 is 6.96. The lowest BCUT2D eigenvalue weighted by atomic mass is 9.91. The summed E-state index contributed by atoms with van der Waals surface area (Å²) < 4.78 is 8.06. The van der Waals surface area contributed by atoms with Gasteiger partial charge in [0.2, 0.25) is 0 Å². The van der Waals surface area contributed by atoms with E-state index in [0.717, 1.165) is 46.8 Å². The van der Waals surface area contributed by atoms with Crippen molar-refractivity contribution in [3.05, 3.63) is 38.8 Å². The van der Waals surface area contributed by atoms with Crippen LogP contribution in [0.1, 0.15) is 29.8 Å². The first kappa shape index (κ1) is 17.6. The van der Waals surface area contributed by atoms with Crippen molar-refractivity contribution in [3.63, 3.8) is 0 Å². The number of likely N-dealkylation sites (tertiary alicyclic amines) is 1. The average molecular weight is 364 g/mol. The van der Waals surface area contributed by atoms with Gasteiger partial charge in [-0.2, -0.15) is 5.10 Å². The molecule has 2 aromatic rings. The topological polar surface area (TPSA) is 30.3 Å². The van der Waals surface area contributed by atoms with Gasteiger partial charge in [-0.25, -0.2) is 4.68 Å². The number of benzene rings is 1. The molecule has 130 valence electrons. The molecule has 0 bridgehead atoms. The lowest BCUT2D eigenvalue weighted by Gasteiger charge is -2.31. The Morgan fingerprint density at radius 1 is 1.25 bits per heavy atom. The molecule has 1 aliphatic heterocycles. The van der Waals surface area contributed by atoms with Crippen molar-refractivity contribution in [2.75, 3.05) is 20.2 Å². The molecule has 1 fully saturated rings. The second kappa shape index (κ2) is 8.23. The lowest BCUT2D eigenvalue weighted by Crippen LogP contribution is -2.35. The molecule has 0 N–H and O–H groups in total. The van der Waals surface area contributed by atoms with Gasteiger partial charge in [0.25, 0.3) is 0 Å². The van der Waals surface area contributed by atoms with Crippen LogP contribution in [0, 0.1) is 16.8 Å². The first-order valence-electron chi connectivity index (χ1n) is 8.54. The van der Waals surface area contributed by atoms with Crippen LogP contribution in [0.5, 0.6) is 5.75 Å². The molecule has 0 aliphatic carbocycles. The average Bonchev–Trinajstić information content (AvgIpc) is 2.92. The quantitative estimate of drug-likeness (QED) is 0.716. The number of nitrogens with zero attached hydrogens (tertiary/aromatic N) is 3. The van der Waals surface area contributed by atoms with Crippen LogP contribution >= 0.6 is 23.6 Å². The van der Waals surface area contributed by atoms with Crippen LogP contribution in [0.2, 0.25) is 0 Å². The molecular weight excluding hydrogens is 338 g/mol. The van der Waals surface area contributed by atoms with E-state index in [1.165, 1.54) is 24.8 Å². The van der Waals surface area contributed by atoms with Crippen LogP contribution in [-0.2, 0) is 13.1 Å². The van der Waals surface area contributed by atoms with E-state index < -0.39 is 0 Å². The predicted molar refractivity (Wildman–Crippen MR) is 101 cm³/mol. The van der Waals surface area contributed by atoms with E-state index in [4.69, 9.17) is 17.0 Å². The molecule has 1 saturated heterocycles. The predicted octanol–water partition coefficient (Wildman–Crippen LogP) is 4.29. The Labute approximate surface area is 153 Å². The maximum atomic E-state index is 5.36. The molecule has 2 heterocycles. The summed E-state index contributed by atoms with van der Waals surface area (Å²) in [6, 6.07) is 8.47. The van der Waals surface area contributed by atoms with Crippen LogP contribution in [0.4, 0.5) is 0 Å². The summed E-state index contributed by atoms with van der Waals surface area (Å²) in [5, 5.41) is 5.54. The minimum absolute atomic E-state index is 0.827. The summed E-state index contributed by atoms with van der Waals surface area (Å²) in [5.41, 5.74) is 1.41. The Morgan fingerprint density at radius 3 is 2.54 bits per heavy atom. The molecule has 3 rings (SSSR count). The molecule has 24 heavy (non-hydrogen) atoms. The summed E-state index contributed by atoms with van der Waals surface area (Å²) in [7, 11) is 1.71. The Hall–Kier alpha value is -1.24. The van der Waals surface area contributed by atoms with Crippen LogP contribution < -0.4 is 4.74 Å². The number of piperidine rings is 1. The van der Waals surface area contributed by atoms with E-state index in [2.05, 4.69) is 34.3 Å². The van der Waals surface area contributed by atoms with E-state index >= 15 is 0 Å². The minimum Gasteiger partial charge on any atom is -0.497 e. The fourth-order valence-corrected chi connectivity index (χ4v) is 4.32. The number of aryl methyl sites for hydroxylation is 2. The Kier molecular flexibility index (Phi) is 6.03. The lowest BCUT2D eigenvalue weighted by molar-refractivity contribution is 0.137. The number of hydrogen-bond acceptors (Lipinski definition) is 5. The minimum atomic E-state index is 0.827. The zero-order valence-electron chi connectivity index (χ0n) is 14.4. The third kappa shape index (κ3) is 4.65. The highest BCUT2D eigenvalue weighted by atomic mass is 32.1. The van der Waals surface area contributed by atoms with Gasteiger partial charge in [0.05, 0.1) is 13.8 Å². The van der Waals surface area contributed by atoms with E-state index in [1.807, 2.05) is 11.6 Å². The number of methoxy groups -OCH3 is 1. The molecule has 0 amide bonds. The third-order valence-electron chi connectivity index (χ3n) is 4.75. The number of hydrogen-bond donors (Lipinski definition) is 0. The first-order chi connectivity index (χ1) is 11.6. The number of rotatable bonds is 6. The van der Waals surface area contributed by atoms with Crippen molar-refractivity contribution < 1.29 is 4.74 Å². The molecule has 1 aromatic carbocycles. The van der Waals surface area contributed by atoms with E-state index in [9.17, 15) is 0 Å². The van der Waals surface area contributed by atoms with E-state index in [-0.39, 0.29) is 0 Å². The maximum absolute atomic E-state index is 5.36. The van der Waals surface area contributed by atoms with Gasteiger partial charge in [0.1, 0.15) is 10.8 Å². The fourth-order valence-electron chi connectivity index (χ4n) is 3.27. The van der Waals surface area contributed by atoms with Crippen LogP contribution in [0.3, 0.4) is 0 Å². The highest BCUT2D eigenvalue weighted by molar-refractivity contribution is 7.73. The summed E-state index contributed by atoms with van der Waals surface area (Å²) in [4.78, 5) is 2.47. The molecule has 6 heteroatoms. The van der Waals surface area contributed by atoms with Crippen molar-refractivity contribution in [1.82, 2.24) is 14.7 Å². The van der Waals surface area contributed by atoms with Crippen molar-refractivity contribution in [1.29, 1.82) is 0 Å². The molecule has 0 spiro atoms. The number of aromatic nitrogens is 2. The van der Waals surface area contributed by atoms with Gasteiger partial charge in [-0.1, -0.05) is 23.5 Å². The molecule has 1 aromatic heterocycles. The molecule has 0 atom stereocenters. The molecular formula is C18H25N3OS2. The molecule has 0 saturated carbocycles.